The molecule has 0 radical (unpaired) electrons. The minimum absolute atomic E-state index is 0.0222. The van der Waals surface area contributed by atoms with Crippen molar-refractivity contribution in [2.24, 2.45) is 0 Å². The molecule has 16 heavy (non-hydrogen) atoms. The van der Waals surface area contributed by atoms with Crippen LogP contribution in [0.15, 0.2) is 12.1 Å². The SMILES string of the molecule is COCC(=O)COc1cc(C)c(Cl)c(C)c1. The normalized spacial score (nSPS) is 10.2. The third-order valence-electron chi connectivity index (χ3n) is 2.12. The molecule has 0 aromatic heterocycles. The molecule has 1 rings (SSSR count). The maximum atomic E-state index is 11.2. The molecule has 0 aliphatic rings. The van der Waals surface area contributed by atoms with E-state index in [4.69, 9.17) is 21.1 Å². The van der Waals surface area contributed by atoms with Gasteiger partial charge in [0.25, 0.3) is 0 Å². The average molecular weight is 243 g/mol. The van der Waals surface area contributed by atoms with Crippen LogP contribution >= 0.6 is 11.6 Å². The van der Waals surface area contributed by atoms with E-state index in [1.54, 1.807) is 0 Å². The first-order chi connectivity index (χ1) is 7.54. The quantitative estimate of drug-likeness (QED) is 0.796. The van der Waals surface area contributed by atoms with Crippen LogP contribution in [0.4, 0.5) is 0 Å². The summed E-state index contributed by atoms with van der Waals surface area (Å²) in [5, 5.41) is 0.732. The van der Waals surface area contributed by atoms with E-state index in [1.165, 1.54) is 7.11 Å². The smallest absolute Gasteiger partial charge is 0.195 e. The van der Waals surface area contributed by atoms with Crippen LogP contribution in [0.2, 0.25) is 5.02 Å². The van der Waals surface area contributed by atoms with Gasteiger partial charge in [-0.1, -0.05) is 11.6 Å². The Morgan fingerprint density at radius 3 is 2.31 bits per heavy atom. The fraction of sp³-hybridized carbons (Fsp3) is 0.417. The lowest BCUT2D eigenvalue weighted by Gasteiger charge is -2.09. The van der Waals surface area contributed by atoms with Crippen molar-refractivity contribution in [1.82, 2.24) is 0 Å². The molecule has 0 aliphatic heterocycles. The summed E-state index contributed by atoms with van der Waals surface area (Å²) in [4.78, 5) is 11.2. The number of aryl methyl sites for hydroxylation is 2. The third kappa shape index (κ3) is 3.51. The first-order valence-electron chi connectivity index (χ1n) is 4.94. The fourth-order valence-corrected chi connectivity index (χ4v) is 1.47. The van der Waals surface area contributed by atoms with E-state index in [0.29, 0.717) is 5.75 Å². The Bertz CT molecular complexity index is 365. The molecule has 4 heteroatoms. The largest absolute Gasteiger partial charge is 0.486 e. The molecule has 1 aromatic carbocycles. The van der Waals surface area contributed by atoms with Crippen LogP contribution in [0.5, 0.6) is 5.75 Å². The Balaban J connectivity index is 2.65. The molecule has 0 bridgehead atoms. The molecular formula is C12H15ClO3. The number of hydrogen-bond donors (Lipinski definition) is 0. The second-order valence-electron chi connectivity index (χ2n) is 3.63. The summed E-state index contributed by atoms with van der Waals surface area (Å²) < 4.78 is 10.1. The van der Waals surface area contributed by atoms with Crippen molar-refractivity contribution >= 4 is 17.4 Å². The monoisotopic (exact) mass is 242 g/mol. The summed E-state index contributed by atoms with van der Waals surface area (Å²) in [7, 11) is 1.48. The van der Waals surface area contributed by atoms with Gasteiger partial charge in [0.1, 0.15) is 19.0 Å². The molecule has 0 atom stereocenters. The highest BCUT2D eigenvalue weighted by Gasteiger charge is 2.06. The van der Waals surface area contributed by atoms with Crippen LogP contribution in [0.1, 0.15) is 11.1 Å². The Kier molecular flexibility index (Phi) is 4.77. The second-order valence-corrected chi connectivity index (χ2v) is 4.01. The summed E-state index contributed by atoms with van der Waals surface area (Å²) in [6.45, 7) is 3.90. The van der Waals surface area contributed by atoms with Crippen molar-refractivity contribution in [1.29, 1.82) is 0 Å². The molecule has 0 aliphatic carbocycles. The van der Waals surface area contributed by atoms with Crippen LogP contribution in [-0.4, -0.2) is 26.1 Å². The zero-order chi connectivity index (χ0) is 12.1. The van der Waals surface area contributed by atoms with Crippen LogP contribution in [0.3, 0.4) is 0 Å². The molecule has 0 heterocycles. The molecule has 0 amide bonds. The lowest BCUT2D eigenvalue weighted by atomic mass is 10.1. The summed E-state index contributed by atoms with van der Waals surface area (Å²) in [5.41, 5.74) is 1.88. The van der Waals surface area contributed by atoms with Crippen molar-refractivity contribution in [3.05, 3.63) is 28.3 Å². The number of benzene rings is 1. The number of halogens is 1. The zero-order valence-corrected chi connectivity index (χ0v) is 10.4. The molecule has 1 aromatic rings. The first kappa shape index (κ1) is 13.0. The van der Waals surface area contributed by atoms with Gasteiger partial charge in [0.2, 0.25) is 0 Å². The fourth-order valence-electron chi connectivity index (χ4n) is 1.36. The van der Waals surface area contributed by atoms with Crippen molar-refractivity contribution in [2.45, 2.75) is 13.8 Å². The zero-order valence-electron chi connectivity index (χ0n) is 9.67. The van der Waals surface area contributed by atoms with Gasteiger partial charge in [-0.2, -0.15) is 0 Å². The summed E-state index contributed by atoms with van der Waals surface area (Å²) in [6, 6.07) is 3.63. The van der Waals surface area contributed by atoms with E-state index in [-0.39, 0.29) is 19.0 Å². The molecule has 88 valence electrons. The second kappa shape index (κ2) is 5.87. The van der Waals surface area contributed by atoms with Crippen LogP contribution in [-0.2, 0) is 9.53 Å². The highest BCUT2D eigenvalue weighted by Crippen LogP contribution is 2.25. The number of Topliss-reactive ketones (excluding diaryl/α,β-unsaturated/α-hetero) is 1. The van der Waals surface area contributed by atoms with Gasteiger partial charge < -0.3 is 9.47 Å². The van der Waals surface area contributed by atoms with Crippen molar-refractivity contribution in [3.8, 4) is 5.75 Å². The first-order valence-corrected chi connectivity index (χ1v) is 5.32. The third-order valence-corrected chi connectivity index (χ3v) is 2.71. The van der Waals surface area contributed by atoms with Crippen molar-refractivity contribution < 1.29 is 14.3 Å². The number of carbonyl (C=O) groups is 1. The van der Waals surface area contributed by atoms with Crippen molar-refractivity contribution in [3.63, 3.8) is 0 Å². The number of carbonyl (C=O) groups excluding carboxylic acids is 1. The lowest BCUT2D eigenvalue weighted by molar-refractivity contribution is -0.124. The predicted molar refractivity (Wildman–Crippen MR) is 63.3 cm³/mol. The van der Waals surface area contributed by atoms with Gasteiger partial charge in [-0.25, -0.2) is 0 Å². The van der Waals surface area contributed by atoms with Gasteiger partial charge in [-0.3, -0.25) is 4.79 Å². The van der Waals surface area contributed by atoms with E-state index in [0.717, 1.165) is 16.1 Å². The molecule has 0 N–H and O–H groups in total. The van der Waals surface area contributed by atoms with E-state index < -0.39 is 0 Å². The van der Waals surface area contributed by atoms with E-state index in [9.17, 15) is 4.79 Å². The van der Waals surface area contributed by atoms with Crippen LogP contribution < -0.4 is 4.74 Å². The highest BCUT2D eigenvalue weighted by molar-refractivity contribution is 6.32. The summed E-state index contributed by atoms with van der Waals surface area (Å²) >= 11 is 6.02. The number of ether oxygens (including phenoxy) is 2. The number of hydrogen-bond acceptors (Lipinski definition) is 3. The number of ketones is 1. The van der Waals surface area contributed by atoms with Gasteiger partial charge in [0.05, 0.1) is 0 Å². The minimum Gasteiger partial charge on any atom is -0.486 e. The lowest BCUT2D eigenvalue weighted by Crippen LogP contribution is -2.16. The maximum absolute atomic E-state index is 11.2. The Morgan fingerprint density at radius 2 is 1.81 bits per heavy atom. The number of rotatable bonds is 5. The predicted octanol–water partition coefficient (Wildman–Crippen LogP) is 2.55. The van der Waals surface area contributed by atoms with Gasteiger partial charge in [0.15, 0.2) is 5.78 Å². The summed E-state index contributed by atoms with van der Waals surface area (Å²) in [6.07, 6.45) is 0. The highest BCUT2D eigenvalue weighted by atomic mass is 35.5. The van der Waals surface area contributed by atoms with E-state index in [2.05, 4.69) is 0 Å². The maximum Gasteiger partial charge on any atom is 0.195 e. The Hall–Kier alpha value is -1.06. The molecular weight excluding hydrogens is 228 g/mol. The van der Waals surface area contributed by atoms with E-state index >= 15 is 0 Å². The van der Waals surface area contributed by atoms with Crippen molar-refractivity contribution in [2.75, 3.05) is 20.3 Å². The van der Waals surface area contributed by atoms with Gasteiger partial charge >= 0.3 is 0 Å². The van der Waals surface area contributed by atoms with Crippen LogP contribution in [0.25, 0.3) is 0 Å². The van der Waals surface area contributed by atoms with Gasteiger partial charge in [0, 0.05) is 12.1 Å². The molecule has 0 unspecified atom stereocenters. The van der Waals surface area contributed by atoms with E-state index in [1.807, 2.05) is 26.0 Å². The minimum atomic E-state index is -0.0900. The number of methoxy groups -OCH3 is 1. The molecule has 0 spiro atoms. The summed E-state index contributed by atoms with van der Waals surface area (Å²) in [5.74, 6) is 0.566. The Labute approximate surface area is 100 Å². The molecule has 0 saturated carbocycles. The topological polar surface area (TPSA) is 35.5 Å². The Morgan fingerprint density at radius 1 is 1.25 bits per heavy atom. The van der Waals surface area contributed by atoms with Crippen LogP contribution in [0, 0.1) is 13.8 Å². The van der Waals surface area contributed by atoms with Gasteiger partial charge in [-0.15, -0.1) is 0 Å². The molecule has 3 nitrogen and oxygen atoms in total. The molecule has 0 saturated heterocycles. The standard InChI is InChI=1S/C12H15ClO3/c1-8-4-11(5-9(2)12(8)13)16-7-10(14)6-15-3/h4-5H,6-7H2,1-3H3. The van der Waals surface area contributed by atoms with Gasteiger partial charge in [-0.05, 0) is 37.1 Å². The molecule has 0 fully saturated rings. The average Bonchev–Trinajstić information content (AvgIpc) is 2.23.